The summed E-state index contributed by atoms with van der Waals surface area (Å²) in [7, 11) is 11.2. The Bertz CT molecular complexity index is 438. The van der Waals surface area contributed by atoms with Crippen LogP contribution in [0.3, 0.4) is 0 Å². The van der Waals surface area contributed by atoms with E-state index in [0.29, 0.717) is 5.54 Å². The number of likely N-dealkylation sites (tertiary alicyclic amines) is 3. The second kappa shape index (κ2) is 8.41. The lowest BCUT2D eigenvalue weighted by Crippen LogP contribution is -2.69. The number of nitrogens with zero attached hydrogens (tertiary/aromatic N) is 6. The summed E-state index contributed by atoms with van der Waals surface area (Å²) >= 11 is 0. The summed E-state index contributed by atoms with van der Waals surface area (Å²) < 4.78 is 0. The van der Waals surface area contributed by atoms with Gasteiger partial charge in [-0.3, -0.25) is 14.7 Å². The standard InChI is InChI=1S/C20H42N6/c1-20(24(6)8-10-25-12-18(13-25)11-21(2)3)16-26(17-20)9-7-23(5)19-14-22(4)15-19/h18-19H,7-17H2,1-6H3. The molecule has 0 amide bonds. The first kappa shape index (κ1) is 20.5. The van der Waals surface area contributed by atoms with Gasteiger partial charge in [-0.25, -0.2) is 0 Å². The molecule has 0 spiro atoms. The Hall–Kier alpha value is -0.240. The summed E-state index contributed by atoms with van der Waals surface area (Å²) in [4.78, 5) is 15.1. The minimum absolute atomic E-state index is 0.378. The molecule has 3 saturated heterocycles. The van der Waals surface area contributed by atoms with E-state index in [0.717, 1.165) is 12.0 Å². The molecule has 3 heterocycles. The van der Waals surface area contributed by atoms with Crippen LogP contribution in [0.1, 0.15) is 6.92 Å². The number of rotatable bonds is 10. The highest BCUT2D eigenvalue weighted by molar-refractivity contribution is 5.00. The summed E-state index contributed by atoms with van der Waals surface area (Å²) in [6.45, 7) is 16.1. The van der Waals surface area contributed by atoms with Crippen molar-refractivity contribution in [1.82, 2.24) is 29.4 Å². The van der Waals surface area contributed by atoms with Gasteiger partial charge in [0.05, 0.1) is 0 Å². The van der Waals surface area contributed by atoms with Crippen molar-refractivity contribution in [3.05, 3.63) is 0 Å². The fourth-order valence-corrected chi connectivity index (χ4v) is 4.80. The van der Waals surface area contributed by atoms with Gasteiger partial charge >= 0.3 is 0 Å². The Kier molecular flexibility index (Phi) is 6.63. The lowest BCUT2D eigenvalue weighted by molar-refractivity contribution is -0.0435. The molecule has 3 fully saturated rings. The molecule has 152 valence electrons. The average molecular weight is 367 g/mol. The van der Waals surface area contributed by atoms with Crippen LogP contribution in [0.25, 0.3) is 0 Å². The molecular weight excluding hydrogens is 324 g/mol. The first-order valence-corrected chi connectivity index (χ1v) is 10.4. The van der Waals surface area contributed by atoms with Crippen molar-refractivity contribution in [1.29, 1.82) is 0 Å². The maximum Gasteiger partial charge on any atom is 0.0432 e. The predicted octanol–water partition coefficient (Wildman–Crippen LogP) is -0.268. The molecule has 3 rings (SSSR count). The van der Waals surface area contributed by atoms with Crippen molar-refractivity contribution >= 4 is 0 Å². The maximum absolute atomic E-state index is 2.63. The summed E-state index contributed by atoms with van der Waals surface area (Å²) in [6, 6.07) is 0.781. The second-order valence-electron chi connectivity index (χ2n) is 9.87. The van der Waals surface area contributed by atoms with Crippen LogP contribution in [-0.2, 0) is 0 Å². The van der Waals surface area contributed by atoms with Gasteiger partial charge in [-0.2, -0.15) is 0 Å². The van der Waals surface area contributed by atoms with Crippen molar-refractivity contribution in [2.75, 3.05) is 107 Å². The second-order valence-corrected chi connectivity index (χ2v) is 9.87. The van der Waals surface area contributed by atoms with E-state index in [1.807, 2.05) is 0 Å². The molecule has 6 nitrogen and oxygen atoms in total. The van der Waals surface area contributed by atoms with Gasteiger partial charge in [-0.15, -0.1) is 0 Å². The van der Waals surface area contributed by atoms with Gasteiger partial charge < -0.3 is 14.7 Å². The zero-order valence-corrected chi connectivity index (χ0v) is 18.1. The van der Waals surface area contributed by atoms with Crippen molar-refractivity contribution < 1.29 is 0 Å². The first-order valence-electron chi connectivity index (χ1n) is 10.4. The van der Waals surface area contributed by atoms with E-state index in [-0.39, 0.29) is 0 Å². The fraction of sp³-hybridized carbons (Fsp3) is 1.00. The van der Waals surface area contributed by atoms with Crippen LogP contribution in [0, 0.1) is 5.92 Å². The third-order valence-electron chi connectivity index (χ3n) is 6.89. The Balaban J connectivity index is 1.26. The summed E-state index contributed by atoms with van der Waals surface area (Å²) in [5.74, 6) is 0.887. The smallest absolute Gasteiger partial charge is 0.0432 e. The Labute approximate surface area is 161 Å². The van der Waals surface area contributed by atoms with Crippen LogP contribution in [-0.4, -0.2) is 148 Å². The number of hydrogen-bond donors (Lipinski definition) is 0. The largest absolute Gasteiger partial charge is 0.309 e. The lowest BCUT2D eigenvalue weighted by Gasteiger charge is -2.54. The molecule has 0 bridgehead atoms. The van der Waals surface area contributed by atoms with Crippen LogP contribution < -0.4 is 0 Å². The van der Waals surface area contributed by atoms with Gasteiger partial charge in [0.2, 0.25) is 0 Å². The third kappa shape index (κ3) is 4.97. The maximum atomic E-state index is 2.63. The quantitative estimate of drug-likeness (QED) is 0.526. The van der Waals surface area contributed by atoms with Crippen LogP contribution in [0.2, 0.25) is 0 Å². The van der Waals surface area contributed by atoms with E-state index in [1.165, 1.54) is 72.0 Å². The van der Waals surface area contributed by atoms with Crippen LogP contribution in [0.4, 0.5) is 0 Å². The minimum Gasteiger partial charge on any atom is -0.309 e. The molecule has 0 aromatic rings. The zero-order chi connectivity index (χ0) is 18.9. The Morgan fingerprint density at radius 3 is 2.08 bits per heavy atom. The van der Waals surface area contributed by atoms with Gasteiger partial charge in [-0.1, -0.05) is 0 Å². The molecule has 26 heavy (non-hydrogen) atoms. The fourth-order valence-electron chi connectivity index (χ4n) is 4.80. The van der Waals surface area contributed by atoms with E-state index in [1.54, 1.807) is 0 Å². The van der Waals surface area contributed by atoms with Crippen LogP contribution in [0.15, 0.2) is 0 Å². The average Bonchev–Trinajstić information content (AvgIpc) is 2.48. The van der Waals surface area contributed by atoms with Crippen molar-refractivity contribution in [2.24, 2.45) is 5.92 Å². The number of likely N-dealkylation sites (N-methyl/N-ethyl adjacent to an activating group) is 3. The van der Waals surface area contributed by atoms with Crippen molar-refractivity contribution in [3.8, 4) is 0 Å². The molecule has 3 aliphatic heterocycles. The Morgan fingerprint density at radius 1 is 0.885 bits per heavy atom. The Morgan fingerprint density at radius 2 is 1.50 bits per heavy atom. The predicted molar refractivity (Wildman–Crippen MR) is 110 cm³/mol. The van der Waals surface area contributed by atoms with Crippen molar-refractivity contribution in [2.45, 2.75) is 18.5 Å². The highest BCUT2D eigenvalue weighted by Crippen LogP contribution is 2.26. The number of hydrogen-bond acceptors (Lipinski definition) is 6. The molecule has 0 aromatic heterocycles. The molecule has 0 aromatic carbocycles. The molecule has 0 unspecified atom stereocenters. The van der Waals surface area contributed by atoms with Crippen LogP contribution in [0.5, 0.6) is 0 Å². The van der Waals surface area contributed by atoms with Gasteiger partial charge in [0.25, 0.3) is 0 Å². The van der Waals surface area contributed by atoms with Gasteiger partial charge in [0, 0.05) is 83.6 Å². The van der Waals surface area contributed by atoms with Crippen LogP contribution >= 0.6 is 0 Å². The lowest BCUT2D eigenvalue weighted by atomic mass is 9.90. The minimum atomic E-state index is 0.378. The highest BCUT2D eigenvalue weighted by Gasteiger charge is 2.42. The molecule has 0 saturated carbocycles. The van der Waals surface area contributed by atoms with E-state index in [4.69, 9.17) is 0 Å². The van der Waals surface area contributed by atoms with Gasteiger partial charge in [0.1, 0.15) is 0 Å². The van der Waals surface area contributed by atoms with E-state index in [9.17, 15) is 0 Å². The molecule has 0 radical (unpaired) electrons. The monoisotopic (exact) mass is 366 g/mol. The van der Waals surface area contributed by atoms with Gasteiger partial charge in [0.15, 0.2) is 0 Å². The normalized spacial score (nSPS) is 25.7. The molecular formula is C20H42N6. The van der Waals surface area contributed by atoms with E-state index >= 15 is 0 Å². The first-order chi connectivity index (χ1) is 12.2. The SMILES string of the molecule is CN(C)CC1CN(CCN(C)C2(C)CN(CCN(C)C3CN(C)C3)C2)C1. The molecule has 0 N–H and O–H groups in total. The zero-order valence-electron chi connectivity index (χ0n) is 18.1. The van der Waals surface area contributed by atoms with E-state index in [2.05, 4.69) is 71.6 Å². The molecule has 3 aliphatic rings. The molecule has 0 aliphatic carbocycles. The summed E-state index contributed by atoms with van der Waals surface area (Å²) in [5.41, 5.74) is 0.378. The third-order valence-corrected chi connectivity index (χ3v) is 6.89. The van der Waals surface area contributed by atoms with Gasteiger partial charge in [-0.05, 0) is 48.1 Å². The van der Waals surface area contributed by atoms with E-state index < -0.39 is 0 Å². The highest BCUT2D eigenvalue weighted by atomic mass is 15.4. The molecule has 6 heteroatoms. The topological polar surface area (TPSA) is 19.4 Å². The summed E-state index contributed by atoms with van der Waals surface area (Å²) in [5, 5.41) is 0. The van der Waals surface area contributed by atoms with Crippen molar-refractivity contribution in [3.63, 3.8) is 0 Å². The molecule has 0 atom stereocenters. The summed E-state index contributed by atoms with van der Waals surface area (Å²) in [6.07, 6.45) is 0.